The number of amides is 1. The molecule has 24 heavy (non-hydrogen) atoms. The van der Waals surface area contributed by atoms with E-state index in [-0.39, 0.29) is 5.91 Å². The predicted molar refractivity (Wildman–Crippen MR) is 97.3 cm³/mol. The van der Waals surface area contributed by atoms with Gasteiger partial charge in [0.1, 0.15) is 0 Å². The number of benzene rings is 1. The summed E-state index contributed by atoms with van der Waals surface area (Å²) in [6, 6.07) is 12.6. The molecular formula is C19H21N3OS. The Bertz CT molecular complexity index is 768. The Balaban J connectivity index is 1.43. The lowest BCUT2D eigenvalue weighted by Gasteiger charge is -2.33. The zero-order valence-corrected chi connectivity index (χ0v) is 14.6. The lowest BCUT2D eigenvalue weighted by atomic mass is 10.0. The van der Waals surface area contributed by atoms with Crippen LogP contribution in [0.2, 0.25) is 0 Å². The van der Waals surface area contributed by atoms with Crippen molar-refractivity contribution in [3.05, 3.63) is 57.8 Å². The Morgan fingerprint density at radius 3 is 2.88 bits per heavy atom. The Labute approximate surface area is 146 Å². The van der Waals surface area contributed by atoms with Crippen molar-refractivity contribution in [2.75, 3.05) is 19.6 Å². The van der Waals surface area contributed by atoms with Crippen molar-refractivity contribution < 1.29 is 4.79 Å². The first kappa shape index (κ1) is 15.5. The van der Waals surface area contributed by atoms with E-state index in [0.29, 0.717) is 19.1 Å². The molecule has 1 amide bonds. The minimum absolute atomic E-state index is 0.103. The van der Waals surface area contributed by atoms with E-state index in [2.05, 4.69) is 40.5 Å². The van der Waals surface area contributed by atoms with Crippen LogP contribution < -0.4 is 0 Å². The summed E-state index contributed by atoms with van der Waals surface area (Å²) < 4.78 is 0. The summed E-state index contributed by atoms with van der Waals surface area (Å²) >= 11 is 1.83. The number of hydrogen-bond acceptors (Lipinski definition) is 4. The first-order valence-electron chi connectivity index (χ1n) is 8.46. The number of hydrogen-bond donors (Lipinski definition) is 0. The molecule has 1 atom stereocenters. The summed E-state index contributed by atoms with van der Waals surface area (Å²) in [6.45, 7) is 4.28. The topological polar surface area (TPSA) is 35.9 Å². The Morgan fingerprint density at radius 2 is 2.04 bits per heavy atom. The summed E-state index contributed by atoms with van der Waals surface area (Å²) in [5.74, 6) is 0.103. The van der Waals surface area contributed by atoms with Crippen LogP contribution in [0.25, 0.3) is 0 Å². The van der Waals surface area contributed by atoms with E-state index in [1.807, 2.05) is 29.5 Å². The lowest BCUT2D eigenvalue weighted by molar-refractivity contribution is -0.132. The molecule has 1 aromatic carbocycles. The SMILES string of the molecule is CC1c2ccsc2CCN1CC(=O)N1CCC(c2ccccc2)=N1. The minimum Gasteiger partial charge on any atom is -0.287 e. The van der Waals surface area contributed by atoms with E-state index in [1.54, 1.807) is 5.01 Å². The van der Waals surface area contributed by atoms with E-state index in [1.165, 1.54) is 10.4 Å². The molecule has 0 fully saturated rings. The average Bonchev–Trinajstić information content (AvgIpc) is 3.27. The zero-order valence-electron chi connectivity index (χ0n) is 13.8. The maximum Gasteiger partial charge on any atom is 0.256 e. The number of carbonyl (C=O) groups excluding carboxylic acids is 1. The fourth-order valence-electron chi connectivity index (χ4n) is 3.50. The predicted octanol–water partition coefficient (Wildman–Crippen LogP) is 3.30. The Hall–Kier alpha value is -1.98. The summed E-state index contributed by atoms with van der Waals surface area (Å²) in [4.78, 5) is 16.4. The summed E-state index contributed by atoms with van der Waals surface area (Å²) in [5, 5.41) is 8.37. The monoisotopic (exact) mass is 339 g/mol. The second-order valence-corrected chi connectivity index (χ2v) is 7.38. The molecule has 4 nitrogen and oxygen atoms in total. The van der Waals surface area contributed by atoms with Crippen LogP contribution in [0.15, 0.2) is 46.9 Å². The average molecular weight is 339 g/mol. The van der Waals surface area contributed by atoms with Crippen molar-refractivity contribution in [1.82, 2.24) is 9.91 Å². The van der Waals surface area contributed by atoms with Crippen LogP contribution >= 0.6 is 11.3 Å². The zero-order chi connectivity index (χ0) is 16.5. The molecule has 3 heterocycles. The summed E-state index contributed by atoms with van der Waals surface area (Å²) in [5.41, 5.74) is 3.51. The molecule has 0 spiro atoms. The van der Waals surface area contributed by atoms with Crippen molar-refractivity contribution in [3.63, 3.8) is 0 Å². The quantitative estimate of drug-likeness (QED) is 0.860. The molecule has 0 N–H and O–H groups in total. The molecule has 0 saturated carbocycles. The largest absolute Gasteiger partial charge is 0.287 e. The minimum atomic E-state index is 0.103. The van der Waals surface area contributed by atoms with Crippen LogP contribution in [0.4, 0.5) is 0 Å². The molecule has 1 unspecified atom stereocenters. The normalized spacial score (nSPS) is 20.8. The fraction of sp³-hybridized carbons (Fsp3) is 0.368. The van der Waals surface area contributed by atoms with Crippen molar-refractivity contribution in [3.8, 4) is 0 Å². The van der Waals surface area contributed by atoms with Gasteiger partial charge in [0.2, 0.25) is 0 Å². The van der Waals surface area contributed by atoms with Crippen LogP contribution in [-0.2, 0) is 11.2 Å². The van der Waals surface area contributed by atoms with Gasteiger partial charge in [0.25, 0.3) is 5.91 Å². The van der Waals surface area contributed by atoms with E-state index < -0.39 is 0 Å². The molecule has 5 heteroatoms. The second-order valence-electron chi connectivity index (χ2n) is 6.38. The van der Waals surface area contributed by atoms with Gasteiger partial charge in [-0.05, 0) is 35.9 Å². The second kappa shape index (κ2) is 6.49. The van der Waals surface area contributed by atoms with Crippen LogP contribution in [0.5, 0.6) is 0 Å². The molecule has 0 bridgehead atoms. The molecule has 0 aliphatic carbocycles. The third kappa shape index (κ3) is 2.89. The van der Waals surface area contributed by atoms with Crippen LogP contribution in [0.1, 0.15) is 35.4 Å². The molecule has 2 aromatic rings. The van der Waals surface area contributed by atoms with Gasteiger partial charge in [-0.25, -0.2) is 5.01 Å². The van der Waals surface area contributed by atoms with E-state index >= 15 is 0 Å². The van der Waals surface area contributed by atoms with Crippen molar-refractivity contribution in [1.29, 1.82) is 0 Å². The third-order valence-corrected chi connectivity index (χ3v) is 5.94. The van der Waals surface area contributed by atoms with Gasteiger partial charge >= 0.3 is 0 Å². The lowest BCUT2D eigenvalue weighted by Crippen LogP contribution is -2.41. The number of thiophene rings is 1. The molecular weight excluding hydrogens is 318 g/mol. The van der Waals surface area contributed by atoms with Gasteiger partial charge in [0.05, 0.1) is 18.8 Å². The van der Waals surface area contributed by atoms with Gasteiger partial charge in [-0.15, -0.1) is 11.3 Å². The van der Waals surface area contributed by atoms with Crippen LogP contribution in [0.3, 0.4) is 0 Å². The maximum atomic E-state index is 12.7. The van der Waals surface area contributed by atoms with E-state index in [9.17, 15) is 4.79 Å². The molecule has 0 saturated heterocycles. The molecule has 1 aromatic heterocycles. The number of rotatable bonds is 3. The van der Waals surface area contributed by atoms with Gasteiger partial charge in [-0.1, -0.05) is 30.3 Å². The molecule has 0 radical (unpaired) electrons. The first-order valence-corrected chi connectivity index (χ1v) is 9.34. The summed E-state index contributed by atoms with van der Waals surface area (Å²) in [6.07, 6.45) is 1.88. The van der Waals surface area contributed by atoms with Gasteiger partial charge in [0, 0.05) is 23.9 Å². The number of fused-ring (bicyclic) bond motifs is 1. The van der Waals surface area contributed by atoms with Crippen LogP contribution in [-0.4, -0.2) is 41.2 Å². The highest BCUT2D eigenvalue weighted by atomic mass is 32.1. The smallest absolute Gasteiger partial charge is 0.256 e. The number of hydrazone groups is 1. The Morgan fingerprint density at radius 1 is 1.21 bits per heavy atom. The number of nitrogens with zero attached hydrogens (tertiary/aromatic N) is 3. The molecule has 2 aliphatic heterocycles. The van der Waals surface area contributed by atoms with E-state index in [0.717, 1.165) is 30.7 Å². The molecule has 124 valence electrons. The Kier molecular flexibility index (Phi) is 4.21. The van der Waals surface area contributed by atoms with Crippen molar-refractivity contribution in [2.24, 2.45) is 5.10 Å². The number of carbonyl (C=O) groups is 1. The van der Waals surface area contributed by atoms with Crippen molar-refractivity contribution >= 4 is 23.0 Å². The van der Waals surface area contributed by atoms with E-state index in [4.69, 9.17) is 0 Å². The highest BCUT2D eigenvalue weighted by Crippen LogP contribution is 2.32. The maximum absolute atomic E-state index is 12.7. The molecule has 2 aliphatic rings. The van der Waals surface area contributed by atoms with Gasteiger partial charge in [-0.3, -0.25) is 9.69 Å². The molecule has 4 rings (SSSR count). The third-order valence-electron chi connectivity index (χ3n) is 4.94. The highest BCUT2D eigenvalue weighted by Gasteiger charge is 2.29. The summed E-state index contributed by atoms with van der Waals surface area (Å²) in [7, 11) is 0. The standard InChI is InChI=1S/C19H21N3OS/c1-14-16-9-12-24-18(16)8-10-21(14)13-19(23)22-11-7-17(20-22)15-5-3-2-4-6-15/h2-6,9,12,14H,7-8,10-11,13H2,1H3. The van der Waals surface area contributed by atoms with Crippen molar-refractivity contribution in [2.45, 2.75) is 25.8 Å². The van der Waals surface area contributed by atoms with Gasteiger partial charge in [0.15, 0.2) is 0 Å². The first-order chi connectivity index (χ1) is 11.7. The fourth-order valence-corrected chi connectivity index (χ4v) is 4.47. The van der Waals surface area contributed by atoms with Gasteiger partial charge in [-0.2, -0.15) is 5.10 Å². The highest BCUT2D eigenvalue weighted by molar-refractivity contribution is 7.10. The van der Waals surface area contributed by atoms with Crippen LogP contribution in [0, 0.1) is 0 Å². The van der Waals surface area contributed by atoms with Gasteiger partial charge < -0.3 is 0 Å².